The van der Waals surface area contributed by atoms with Crippen LogP contribution >= 0.6 is 0 Å². The summed E-state index contributed by atoms with van der Waals surface area (Å²) in [6.07, 6.45) is 0. The van der Waals surface area contributed by atoms with Crippen LogP contribution < -0.4 is 0 Å². The van der Waals surface area contributed by atoms with Crippen molar-refractivity contribution >= 4 is 54.6 Å². The summed E-state index contributed by atoms with van der Waals surface area (Å²) in [5, 5.41) is 4.87. The van der Waals surface area contributed by atoms with E-state index >= 15 is 0 Å². The molecule has 8 aromatic carbocycles. The van der Waals surface area contributed by atoms with Crippen molar-refractivity contribution < 1.29 is 0 Å². The van der Waals surface area contributed by atoms with Crippen LogP contribution in [0.4, 0.5) is 0 Å². The first-order valence-electron chi connectivity index (χ1n) is 18.3. The Kier molecular flexibility index (Phi) is 6.82. The van der Waals surface area contributed by atoms with E-state index in [2.05, 4.69) is 173 Å². The SMILES string of the molecule is c1ccc(-c2ccc3c4cc(-c5ccc(-n6c7ccccc7c7ccccc76)cc5)ccc4n(-c4nc5ccccc5nc4-c4ccccc4)c3c2)cc1. The van der Waals surface area contributed by atoms with Crippen molar-refractivity contribution in [2.75, 3.05) is 0 Å². The molecule has 54 heavy (non-hydrogen) atoms. The zero-order chi connectivity index (χ0) is 35.6. The number of fused-ring (bicyclic) bond motifs is 7. The lowest BCUT2D eigenvalue weighted by molar-refractivity contribution is 1.08. The van der Waals surface area contributed by atoms with E-state index in [-0.39, 0.29) is 0 Å². The lowest BCUT2D eigenvalue weighted by atomic mass is 10.0. The summed E-state index contributed by atoms with van der Waals surface area (Å²) in [4.78, 5) is 10.6. The quantitative estimate of drug-likeness (QED) is 0.180. The van der Waals surface area contributed by atoms with E-state index in [1.807, 2.05) is 30.3 Å². The topological polar surface area (TPSA) is 35.6 Å². The lowest BCUT2D eigenvalue weighted by Gasteiger charge is -2.14. The Morgan fingerprint density at radius 1 is 0.296 bits per heavy atom. The highest BCUT2D eigenvalue weighted by Gasteiger charge is 2.20. The average molecular weight is 689 g/mol. The van der Waals surface area contributed by atoms with Gasteiger partial charge in [0.1, 0.15) is 5.69 Å². The van der Waals surface area contributed by atoms with Gasteiger partial charge in [0.05, 0.1) is 33.1 Å². The largest absolute Gasteiger partial charge is 0.309 e. The van der Waals surface area contributed by atoms with E-state index in [9.17, 15) is 0 Å². The number of hydrogen-bond donors (Lipinski definition) is 0. The predicted octanol–water partition coefficient (Wildman–Crippen LogP) is 12.8. The first-order chi connectivity index (χ1) is 26.8. The molecule has 0 fully saturated rings. The molecule has 3 aromatic heterocycles. The fourth-order valence-electron chi connectivity index (χ4n) is 8.18. The number of aromatic nitrogens is 4. The molecule has 0 atom stereocenters. The van der Waals surface area contributed by atoms with Crippen molar-refractivity contribution in [1.82, 2.24) is 19.1 Å². The Bertz CT molecular complexity index is 3140. The summed E-state index contributed by atoms with van der Waals surface area (Å²) in [7, 11) is 0. The second-order valence-corrected chi connectivity index (χ2v) is 13.8. The van der Waals surface area contributed by atoms with E-state index in [1.165, 1.54) is 43.7 Å². The van der Waals surface area contributed by atoms with Gasteiger partial charge in [-0.25, -0.2) is 9.97 Å². The fourth-order valence-corrected chi connectivity index (χ4v) is 8.18. The summed E-state index contributed by atoms with van der Waals surface area (Å²) < 4.78 is 4.68. The molecule has 0 N–H and O–H groups in total. The number of nitrogens with zero attached hydrogens (tertiary/aromatic N) is 4. The predicted molar refractivity (Wildman–Crippen MR) is 225 cm³/mol. The number of para-hydroxylation sites is 4. The molecule has 11 rings (SSSR count). The van der Waals surface area contributed by atoms with Gasteiger partial charge in [0, 0.05) is 32.8 Å². The molecule has 0 amide bonds. The maximum absolute atomic E-state index is 5.35. The molecule has 252 valence electrons. The first kappa shape index (κ1) is 30.3. The van der Waals surface area contributed by atoms with E-state index in [0.29, 0.717) is 0 Å². The molecule has 4 heteroatoms. The van der Waals surface area contributed by atoms with Crippen LogP contribution in [0.2, 0.25) is 0 Å². The Morgan fingerprint density at radius 3 is 1.50 bits per heavy atom. The van der Waals surface area contributed by atoms with E-state index in [0.717, 1.165) is 56.0 Å². The lowest BCUT2D eigenvalue weighted by Crippen LogP contribution is -2.03. The molecular formula is C50H32N4. The summed E-state index contributed by atoms with van der Waals surface area (Å²) >= 11 is 0. The average Bonchev–Trinajstić information content (AvgIpc) is 3.76. The van der Waals surface area contributed by atoms with E-state index in [4.69, 9.17) is 9.97 Å². The van der Waals surface area contributed by atoms with Gasteiger partial charge in [-0.1, -0.05) is 140 Å². The Hall–Kier alpha value is -7.30. The summed E-state index contributed by atoms with van der Waals surface area (Å²) in [6, 6.07) is 69.0. The van der Waals surface area contributed by atoms with Crippen LogP contribution in [0.3, 0.4) is 0 Å². The van der Waals surface area contributed by atoms with Crippen LogP contribution in [-0.2, 0) is 0 Å². The molecule has 0 aliphatic carbocycles. The number of benzene rings is 8. The standard InChI is InChI=1S/C50H32N4/c1-3-13-33(14-4-1)37-25-29-41-42-31-36(34-23-27-38(28-24-34)53-45-21-11-7-17-39(45)40-18-8-12-22-46(40)53)26-30-47(42)54(48(41)32-37)50-49(35-15-5-2-6-16-35)51-43-19-9-10-20-44(43)52-50/h1-32H. The Morgan fingerprint density at radius 2 is 0.796 bits per heavy atom. The molecule has 0 radical (unpaired) electrons. The van der Waals surface area contributed by atoms with Crippen LogP contribution in [0, 0.1) is 0 Å². The van der Waals surface area contributed by atoms with Gasteiger partial charge >= 0.3 is 0 Å². The monoisotopic (exact) mass is 688 g/mol. The second-order valence-electron chi connectivity index (χ2n) is 13.8. The number of hydrogen-bond acceptors (Lipinski definition) is 2. The van der Waals surface area contributed by atoms with Gasteiger partial charge in [-0.2, -0.15) is 0 Å². The zero-order valence-electron chi connectivity index (χ0n) is 29.3. The molecule has 11 aromatic rings. The van der Waals surface area contributed by atoms with Crippen LogP contribution in [0.25, 0.3) is 99.7 Å². The van der Waals surface area contributed by atoms with Crippen molar-refractivity contribution in [3.8, 4) is 45.0 Å². The highest BCUT2D eigenvalue weighted by molar-refractivity contribution is 6.12. The minimum atomic E-state index is 0.813. The fraction of sp³-hybridized carbons (Fsp3) is 0. The summed E-state index contributed by atoms with van der Waals surface area (Å²) in [5.41, 5.74) is 14.0. The third kappa shape index (κ3) is 4.78. The van der Waals surface area contributed by atoms with Gasteiger partial charge in [0.2, 0.25) is 0 Å². The van der Waals surface area contributed by atoms with Gasteiger partial charge in [-0.3, -0.25) is 4.57 Å². The van der Waals surface area contributed by atoms with Crippen molar-refractivity contribution in [3.05, 3.63) is 194 Å². The van der Waals surface area contributed by atoms with Crippen molar-refractivity contribution in [2.45, 2.75) is 0 Å². The van der Waals surface area contributed by atoms with Gasteiger partial charge in [-0.05, 0) is 76.9 Å². The summed E-state index contributed by atoms with van der Waals surface area (Å²) in [6.45, 7) is 0. The zero-order valence-corrected chi connectivity index (χ0v) is 29.3. The highest BCUT2D eigenvalue weighted by atomic mass is 15.1. The van der Waals surface area contributed by atoms with Crippen molar-refractivity contribution in [2.24, 2.45) is 0 Å². The van der Waals surface area contributed by atoms with Crippen molar-refractivity contribution in [3.63, 3.8) is 0 Å². The molecule has 0 saturated heterocycles. The maximum Gasteiger partial charge on any atom is 0.165 e. The first-order valence-corrected chi connectivity index (χ1v) is 18.3. The third-order valence-corrected chi connectivity index (χ3v) is 10.7. The normalized spacial score (nSPS) is 11.7. The molecule has 4 nitrogen and oxygen atoms in total. The van der Waals surface area contributed by atoms with Gasteiger partial charge in [0.15, 0.2) is 5.82 Å². The van der Waals surface area contributed by atoms with Gasteiger partial charge in [-0.15, -0.1) is 0 Å². The molecular weight excluding hydrogens is 657 g/mol. The maximum atomic E-state index is 5.35. The molecule has 0 saturated carbocycles. The second kappa shape index (κ2) is 12.1. The molecule has 0 unspecified atom stereocenters. The van der Waals surface area contributed by atoms with Gasteiger partial charge in [0.25, 0.3) is 0 Å². The van der Waals surface area contributed by atoms with E-state index in [1.54, 1.807) is 0 Å². The van der Waals surface area contributed by atoms with Gasteiger partial charge < -0.3 is 4.57 Å². The Balaban J connectivity index is 1.12. The summed E-state index contributed by atoms with van der Waals surface area (Å²) in [5.74, 6) is 0.813. The van der Waals surface area contributed by atoms with Crippen LogP contribution in [-0.4, -0.2) is 19.1 Å². The smallest absolute Gasteiger partial charge is 0.165 e. The molecule has 0 aliphatic heterocycles. The molecule has 0 aliphatic rings. The Labute approximate surface area is 311 Å². The van der Waals surface area contributed by atoms with Crippen molar-refractivity contribution in [1.29, 1.82) is 0 Å². The molecule has 3 heterocycles. The van der Waals surface area contributed by atoms with Crippen LogP contribution in [0.15, 0.2) is 194 Å². The van der Waals surface area contributed by atoms with Crippen LogP contribution in [0.1, 0.15) is 0 Å². The van der Waals surface area contributed by atoms with Crippen LogP contribution in [0.5, 0.6) is 0 Å². The molecule has 0 bridgehead atoms. The molecule has 0 spiro atoms. The third-order valence-electron chi connectivity index (χ3n) is 10.7. The minimum Gasteiger partial charge on any atom is -0.309 e. The minimum absolute atomic E-state index is 0.813. The van der Waals surface area contributed by atoms with E-state index < -0.39 is 0 Å². The highest BCUT2D eigenvalue weighted by Crippen LogP contribution is 2.40. The number of rotatable bonds is 5.